The monoisotopic (exact) mass is 536 g/mol. The van der Waals surface area contributed by atoms with Gasteiger partial charge >= 0.3 is 0 Å². The number of aryl methyl sites for hydroxylation is 1. The largest absolute Gasteiger partial charge is 0.391 e. The predicted octanol–water partition coefficient (Wildman–Crippen LogP) is 0.652. The molecule has 4 rings (SSSR count). The second-order valence-corrected chi connectivity index (χ2v) is 9.91. The molecule has 1 aliphatic carbocycles. The number of hydrogen-bond acceptors (Lipinski definition) is 6. The number of amides is 2. The molecule has 6 N–H and O–H groups in total. The topological polar surface area (TPSA) is 145 Å². The maximum absolute atomic E-state index is 15.1. The molecule has 2 aliphatic rings. The number of halogens is 1. The van der Waals surface area contributed by atoms with Gasteiger partial charge in [0.1, 0.15) is 23.4 Å². The van der Waals surface area contributed by atoms with Crippen LogP contribution >= 0.6 is 0 Å². The van der Waals surface area contributed by atoms with Crippen LogP contribution in [-0.4, -0.2) is 71.5 Å². The number of imidazole rings is 1. The third kappa shape index (κ3) is 5.72. The summed E-state index contributed by atoms with van der Waals surface area (Å²) in [5.41, 5.74) is 13.2. The van der Waals surface area contributed by atoms with Crippen LogP contribution in [0.25, 0.3) is 11.0 Å². The summed E-state index contributed by atoms with van der Waals surface area (Å²) in [4.78, 5) is 35.2. The van der Waals surface area contributed by atoms with E-state index in [2.05, 4.69) is 33.0 Å². The fourth-order valence-electron chi connectivity index (χ4n) is 5.34. The Morgan fingerprint density at radius 3 is 2.69 bits per heavy atom. The summed E-state index contributed by atoms with van der Waals surface area (Å²) in [5.74, 6) is 5.01. The summed E-state index contributed by atoms with van der Waals surface area (Å²) >= 11 is 0. The zero-order chi connectivity index (χ0) is 28.3. The molecule has 0 spiro atoms. The Kier molecular flexibility index (Phi) is 8.47. The van der Waals surface area contributed by atoms with E-state index in [1.54, 1.807) is 23.4 Å². The van der Waals surface area contributed by atoms with Crippen molar-refractivity contribution in [3.8, 4) is 11.8 Å². The van der Waals surface area contributed by atoms with Crippen LogP contribution in [0.1, 0.15) is 43.1 Å². The first-order valence-corrected chi connectivity index (χ1v) is 12.9. The van der Waals surface area contributed by atoms with Crippen molar-refractivity contribution in [2.45, 2.75) is 50.7 Å². The molecule has 0 radical (unpaired) electrons. The smallest absolute Gasteiger partial charge is 0.259 e. The van der Waals surface area contributed by atoms with E-state index < -0.39 is 11.7 Å². The molecule has 2 heterocycles. The number of hydrogen-bond donors (Lipinski definition) is 3. The fraction of sp³-hybridized carbons (Fsp3) is 0.429. The lowest BCUT2D eigenvalue weighted by Gasteiger charge is -2.28. The number of aromatic nitrogens is 2. The first-order chi connectivity index (χ1) is 18.7. The van der Waals surface area contributed by atoms with Gasteiger partial charge in [-0.05, 0) is 44.2 Å². The van der Waals surface area contributed by atoms with E-state index in [1.807, 2.05) is 6.92 Å². The molecule has 2 atom stereocenters. The number of benzene rings is 1. The minimum absolute atomic E-state index is 0.0617. The van der Waals surface area contributed by atoms with Gasteiger partial charge in [-0.15, -0.1) is 0 Å². The number of amidine groups is 1. The maximum atomic E-state index is 15.1. The minimum atomic E-state index is -0.810. The SMILES string of the molecule is C=CC(=O)N1CC([NH2+]C(=NC)/C(C(N)=O)=C(\N)C#Cc2cc3nc(C)n(C4CCC4)c3cc2F)C[C@@H]1COC. The summed E-state index contributed by atoms with van der Waals surface area (Å²) in [5, 5.41) is 1.76. The number of carbonyl (C=O) groups is 2. The van der Waals surface area contributed by atoms with E-state index in [4.69, 9.17) is 16.2 Å². The van der Waals surface area contributed by atoms with Crippen molar-refractivity contribution in [3.63, 3.8) is 0 Å². The Balaban J connectivity index is 1.60. The summed E-state index contributed by atoms with van der Waals surface area (Å²) in [7, 11) is 3.08. The molecule has 1 aromatic heterocycles. The van der Waals surface area contributed by atoms with E-state index >= 15 is 4.39 Å². The van der Waals surface area contributed by atoms with Gasteiger partial charge in [0.15, 0.2) is 5.57 Å². The number of quaternary nitrogens is 1. The van der Waals surface area contributed by atoms with Crippen molar-refractivity contribution in [1.29, 1.82) is 0 Å². The summed E-state index contributed by atoms with van der Waals surface area (Å²) < 4.78 is 22.4. The number of primary amides is 1. The van der Waals surface area contributed by atoms with E-state index in [9.17, 15) is 9.59 Å². The molecule has 2 aromatic rings. The maximum Gasteiger partial charge on any atom is 0.259 e. The second kappa shape index (κ2) is 11.8. The first-order valence-electron chi connectivity index (χ1n) is 12.9. The number of nitrogens with two attached hydrogens (primary N) is 3. The Morgan fingerprint density at radius 1 is 1.36 bits per heavy atom. The van der Waals surface area contributed by atoms with Gasteiger partial charge in [0.05, 0.1) is 35.8 Å². The molecule has 10 nitrogen and oxygen atoms in total. The van der Waals surface area contributed by atoms with Crippen LogP contribution in [0.2, 0.25) is 0 Å². The van der Waals surface area contributed by atoms with Crippen molar-refractivity contribution < 1.29 is 24.0 Å². The van der Waals surface area contributed by atoms with Gasteiger partial charge in [0, 0.05) is 32.7 Å². The van der Waals surface area contributed by atoms with Crippen LogP contribution in [0.4, 0.5) is 4.39 Å². The summed E-state index contributed by atoms with van der Waals surface area (Å²) in [6, 6.07) is 3.12. The molecule has 2 amide bonds. The van der Waals surface area contributed by atoms with Gasteiger partial charge in [-0.2, -0.15) is 0 Å². The number of nitrogens with zero attached hydrogens (tertiary/aromatic N) is 4. The van der Waals surface area contributed by atoms with Crippen molar-refractivity contribution in [3.05, 3.63) is 53.3 Å². The molecule has 39 heavy (non-hydrogen) atoms. The van der Waals surface area contributed by atoms with E-state index in [0.29, 0.717) is 31.1 Å². The number of rotatable bonds is 7. The van der Waals surface area contributed by atoms with Gasteiger partial charge < -0.3 is 25.7 Å². The minimum Gasteiger partial charge on any atom is -0.391 e. The zero-order valence-electron chi connectivity index (χ0n) is 22.5. The summed E-state index contributed by atoms with van der Waals surface area (Å²) in [6.07, 6.45) is 5.13. The Hall–Kier alpha value is -4.01. The van der Waals surface area contributed by atoms with Crippen molar-refractivity contribution in [2.75, 3.05) is 27.3 Å². The van der Waals surface area contributed by atoms with Gasteiger partial charge in [-0.3, -0.25) is 14.9 Å². The predicted molar refractivity (Wildman–Crippen MR) is 146 cm³/mol. The van der Waals surface area contributed by atoms with Crippen molar-refractivity contribution in [1.82, 2.24) is 14.5 Å². The number of fused-ring (bicyclic) bond motifs is 1. The zero-order valence-corrected chi connectivity index (χ0v) is 22.5. The van der Waals surface area contributed by atoms with Crippen LogP contribution < -0.4 is 16.8 Å². The first kappa shape index (κ1) is 28.0. The van der Waals surface area contributed by atoms with Crippen LogP contribution in [0.5, 0.6) is 0 Å². The van der Waals surface area contributed by atoms with Crippen molar-refractivity contribution in [2.24, 2.45) is 16.5 Å². The lowest BCUT2D eigenvalue weighted by atomic mass is 9.92. The normalized spacial score (nSPS) is 20.3. The van der Waals surface area contributed by atoms with Crippen LogP contribution in [0, 0.1) is 24.6 Å². The molecule has 1 aliphatic heterocycles. The Labute approximate surface area is 227 Å². The van der Waals surface area contributed by atoms with Gasteiger partial charge in [0.2, 0.25) is 11.7 Å². The molecule has 0 bridgehead atoms. The molecule has 2 fully saturated rings. The van der Waals surface area contributed by atoms with E-state index in [0.717, 1.165) is 30.6 Å². The Bertz CT molecular complexity index is 1430. The van der Waals surface area contributed by atoms with Crippen LogP contribution in [-0.2, 0) is 14.3 Å². The molecule has 206 valence electrons. The molecule has 11 heteroatoms. The average molecular weight is 537 g/mol. The van der Waals surface area contributed by atoms with Gasteiger partial charge in [-0.1, -0.05) is 12.5 Å². The van der Waals surface area contributed by atoms with Crippen LogP contribution in [0.15, 0.2) is 41.1 Å². The third-order valence-electron chi connectivity index (χ3n) is 7.40. The van der Waals surface area contributed by atoms with Crippen molar-refractivity contribution >= 4 is 28.7 Å². The Morgan fingerprint density at radius 2 is 2.10 bits per heavy atom. The lowest BCUT2D eigenvalue weighted by molar-refractivity contribution is -0.576. The molecular weight excluding hydrogens is 501 g/mol. The fourth-order valence-corrected chi connectivity index (χ4v) is 5.34. The molecule has 1 saturated carbocycles. The number of carbonyl (C=O) groups excluding carboxylic acids is 2. The van der Waals surface area contributed by atoms with Gasteiger partial charge in [0.25, 0.3) is 5.91 Å². The average Bonchev–Trinajstić information content (AvgIpc) is 3.40. The number of likely N-dealkylation sites (tertiary alicyclic amines) is 1. The third-order valence-corrected chi connectivity index (χ3v) is 7.40. The number of aliphatic imine (C=N–C) groups is 1. The lowest BCUT2D eigenvalue weighted by Crippen LogP contribution is -2.94. The highest BCUT2D eigenvalue weighted by atomic mass is 19.1. The highest BCUT2D eigenvalue weighted by molar-refractivity contribution is 6.17. The van der Waals surface area contributed by atoms with E-state index in [-0.39, 0.29) is 40.7 Å². The van der Waals surface area contributed by atoms with Crippen LogP contribution in [0.3, 0.4) is 0 Å². The highest BCUT2D eigenvalue weighted by Gasteiger charge is 2.38. The molecule has 1 saturated heterocycles. The quantitative estimate of drug-likeness (QED) is 0.206. The molecular formula is C28H35FN7O3+. The molecule has 1 aromatic carbocycles. The van der Waals surface area contributed by atoms with Gasteiger partial charge in [-0.25, -0.2) is 14.4 Å². The summed E-state index contributed by atoms with van der Waals surface area (Å²) in [6.45, 7) is 6.24. The second-order valence-electron chi connectivity index (χ2n) is 9.91. The standard InChI is InChI=1S/C28H34FN7O3/c1-5-25(37)35-14-18(12-20(35)15-39-4)34-28(32-3)26(27(31)38)22(30)10-9-17-11-23-24(13-21(17)29)36(16(2)33-23)19-7-6-8-19/h5,11,13,18-20H,1,6-8,12,14-15,30H2,2-4H3,(H2,31,38)(H,32,34)/p+1/b26-22-/t18?,20-/m1/s1. The number of allylic oxidation sites excluding steroid dienone is 1. The number of methoxy groups -OCH3 is 1. The molecule has 1 unspecified atom stereocenters. The number of ether oxygens (including phenoxy) is 1. The van der Waals surface area contributed by atoms with E-state index in [1.165, 1.54) is 19.2 Å². The highest BCUT2D eigenvalue weighted by Crippen LogP contribution is 2.35.